The van der Waals surface area contributed by atoms with Crippen molar-refractivity contribution in [1.82, 2.24) is 9.62 Å². The van der Waals surface area contributed by atoms with Crippen molar-refractivity contribution in [3.8, 4) is 0 Å². The summed E-state index contributed by atoms with van der Waals surface area (Å²) < 4.78 is 33.1. The van der Waals surface area contributed by atoms with E-state index in [0.717, 1.165) is 18.7 Å². The van der Waals surface area contributed by atoms with E-state index in [1.54, 1.807) is 6.07 Å². The number of amides is 2. The second kappa shape index (κ2) is 10.7. The van der Waals surface area contributed by atoms with Crippen molar-refractivity contribution in [3.63, 3.8) is 0 Å². The molecule has 0 aliphatic carbocycles. The molecule has 0 saturated carbocycles. The Balaban J connectivity index is 1.64. The van der Waals surface area contributed by atoms with E-state index >= 15 is 0 Å². The maximum Gasteiger partial charge on any atom is 0.242 e. The van der Waals surface area contributed by atoms with E-state index < -0.39 is 22.0 Å². The van der Waals surface area contributed by atoms with Gasteiger partial charge in [-0.25, -0.2) is 8.42 Å². The molecule has 1 atom stereocenters. The van der Waals surface area contributed by atoms with E-state index in [9.17, 15) is 18.0 Å². The van der Waals surface area contributed by atoms with Crippen LogP contribution in [-0.4, -0.2) is 57.5 Å². The zero-order valence-corrected chi connectivity index (χ0v) is 18.9. The Morgan fingerprint density at radius 3 is 2.34 bits per heavy atom. The van der Waals surface area contributed by atoms with Crippen LogP contribution in [-0.2, 0) is 30.9 Å². The zero-order chi connectivity index (χ0) is 23.1. The first-order valence-electron chi connectivity index (χ1n) is 10.3. The molecule has 1 fully saturated rings. The van der Waals surface area contributed by atoms with Crippen LogP contribution in [0.2, 0.25) is 0 Å². The van der Waals surface area contributed by atoms with Crippen LogP contribution in [0.5, 0.6) is 0 Å². The molecule has 172 valence electrons. The second-order valence-corrected chi connectivity index (χ2v) is 9.30. The molecule has 2 aromatic rings. The summed E-state index contributed by atoms with van der Waals surface area (Å²) in [5.41, 5.74) is 2.08. The predicted octanol–water partition coefficient (Wildman–Crippen LogP) is 1.78. The Hall–Kier alpha value is -2.79. The summed E-state index contributed by atoms with van der Waals surface area (Å²) in [4.78, 5) is 26.1. The fourth-order valence-electron chi connectivity index (χ4n) is 3.30. The lowest BCUT2D eigenvalue weighted by Crippen LogP contribution is -2.41. The summed E-state index contributed by atoms with van der Waals surface area (Å²) in [5, 5.41) is 5.41. The number of carbonyl (C=O) groups is 2. The van der Waals surface area contributed by atoms with Gasteiger partial charge < -0.3 is 15.4 Å². The number of nitrogens with one attached hydrogen (secondary N) is 3. The summed E-state index contributed by atoms with van der Waals surface area (Å²) in [7, 11) is -3.92. The van der Waals surface area contributed by atoms with Crippen molar-refractivity contribution < 1.29 is 22.7 Å². The molecule has 0 spiro atoms. The Morgan fingerprint density at radius 2 is 1.69 bits per heavy atom. The predicted molar refractivity (Wildman–Crippen MR) is 122 cm³/mol. The van der Waals surface area contributed by atoms with Crippen LogP contribution >= 0.6 is 0 Å². The van der Waals surface area contributed by atoms with Gasteiger partial charge in [-0.2, -0.15) is 4.72 Å². The monoisotopic (exact) mass is 460 g/mol. The maximum atomic E-state index is 12.7. The minimum atomic E-state index is -3.92. The number of nitrogens with zero attached hydrogens (tertiary/aromatic N) is 1. The molecule has 32 heavy (non-hydrogen) atoms. The van der Waals surface area contributed by atoms with Gasteiger partial charge >= 0.3 is 0 Å². The number of hydrogen-bond donors (Lipinski definition) is 3. The summed E-state index contributed by atoms with van der Waals surface area (Å²) in [6, 6.07) is 12.2. The smallest absolute Gasteiger partial charge is 0.242 e. The van der Waals surface area contributed by atoms with Gasteiger partial charge in [-0.05, 0) is 42.8 Å². The molecule has 1 heterocycles. The van der Waals surface area contributed by atoms with Crippen LogP contribution < -0.4 is 15.4 Å². The number of para-hydroxylation sites is 1. The van der Waals surface area contributed by atoms with Gasteiger partial charge in [0.05, 0.1) is 24.2 Å². The van der Waals surface area contributed by atoms with Crippen molar-refractivity contribution >= 4 is 33.2 Å². The van der Waals surface area contributed by atoms with Crippen LogP contribution in [0.3, 0.4) is 0 Å². The van der Waals surface area contributed by atoms with Gasteiger partial charge in [0.15, 0.2) is 0 Å². The summed E-state index contributed by atoms with van der Waals surface area (Å²) in [5.74, 6) is -0.712. The first-order valence-corrected chi connectivity index (χ1v) is 11.8. The number of ether oxygens (including phenoxy) is 1. The molecule has 1 saturated heterocycles. The molecule has 10 heteroatoms. The highest BCUT2D eigenvalue weighted by Crippen LogP contribution is 2.19. The molecule has 9 nitrogen and oxygen atoms in total. The Labute approximate surface area is 188 Å². The van der Waals surface area contributed by atoms with Crippen LogP contribution in [0.4, 0.5) is 11.4 Å². The maximum absolute atomic E-state index is 12.7. The lowest BCUT2D eigenvalue weighted by Gasteiger charge is -2.27. The van der Waals surface area contributed by atoms with Gasteiger partial charge in [0.2, 0.25) is 21.8 Å². The highest BCUT2D eigenvalue weighted by Gasteiger charge is 2.23. The number of sulfonamides is 1. The van der Waals surface area contributed by atoms with Crippen molar-refractivity contribution in [3.05, 3.63) is 54.1 Å². The van der Waals surface area contributed by atoms with Gasteiger partial charge in [-0.3, -0.25) is 14.5 Å². The molecule has 3 rings (SSSR count). The number of hydrogen-bond acceptors (Lipinski definition) is 6. The molecule has 0 aromatic heterocycles. The first kappa shape index (κ1) is 23.9. The van der Waals surface area contributed by atoms with Crippen molar-refractivity contribution in [2.75, 3.05) is 36.9 Å². The quantitative estimate of drug-likeness (QED) is 0.553. The second-order valence-electron chi connectivity index (χ2n) is 7.58. The molecule has 3 N–H and O–H groups in total. The van der Waals surface area contributed by atoms with Gasteiger partial charge in [0.1, 0.15) is 0 Å². The van der Waals surface area contributed by atoms with Gasteiger partial charge in [-0.1, -0.05) is 18.2 Å². The van der Waals surface area contributed by atoms with Crippen LogP contribution in [0.25, 0.3) is 0 Å². The fourth-order valence-corrected chi connectivity index (χ4v) is 4.50. The molecule has 2 aromatic carbocycles. The topological polar surface area (TPSA) is 117 Å². The zero-order valence-electron chi connectivity index (χ0n) is 18.1. The molecule has 1 aliphatic rings. The SMILES string of the molecule is CC(=O)Nc1ccc(S(=O)(=O)N[C@@H](C)C(=O)Nc2ccccc2CN2CCOCC2)cc1. The third-order valence-corrected chi connectivity index (χ3v) is 6.54. The summed E-state index contributed by atoms with van der Waals surface area (Å²) >= 11 is 0. The number of carbonyl (C=O) groups excluding carboxylic acids is 2. The average Bonchev–Trinajstić information content (AvgIpc) is 2.75. The van der Waals surface area contributed by atoms with Crippen molar-refractivity contribution in [2.24, 2.45) is 0 Å². The van der Waals surface area contributed by atoms with Crippen LogP contribution in [0.15, 0.2) is 53.4 Å². The standard InChI is InChI=1S/C22H28N4O5S/c1-16(25-32(29,30)20-9-7-19(8-10-20)23-17(2)27)22(28)24-21-6-4-3-5-18(21)15-26-11-13-31-14-12-26/h3-10,16,25H,11-15H2,1-2H3,(H,23,27)(H,24,28)/t16-/m0/s1. The summed E-state index contributed by atoms with van der Waals surface area (Å²) in [6.45, 7) is 6.52. The fraction of sp³-hybridized carbons (Fsp3) is 0.364. The van der Waals surface area contributed by atoms with Crippen molar-refractivity contribution in [1.29, 1.82) is 0 Å². The molecule has 1 aliphatic heterocycles. The average molecular weight is 461 g/mol. The number of morpholine rings is 1. The molecule has 0 unspecified atom stereocenters. The molecular weight excluding hydrogens is 432 g/mol. The Morgan fingerprint density at radius 1 is 1.03 bits per heavy atom. The Bertz CT molecular complexity index is 1050. The Kier molecular flexibility index (Phi) is 7.97. The van der Waals surface area contributed by atoms with Crippen LogP contribution in [0.1, 0.15) is 19.4 Å². The molecule has 0 radical (unpaired) electrons. The highest BCUT2D eigenvalue weighted by atomic mass is 32.2. The van der Waals surface area contributed by atoms with E-state index in [4.69, 9.17) is 4.74 Å². The normalized spacial score (nSPS) is 15.7. The van der Waals surface area contributed by atoms with Crippen molar-refractivity contribution in [2.45, 2.75) is 31.3 Å². The van der Waals surface area contributed by atoms with Gasteiger partial charge in [-0.15, -0.1) is 0 Å². The minimum absolute atomic E-state index is 0.000954. The number of rotatable bonds is 8. The van der Waals surface area contributed by atoms with E-state index in [-0.39, 0.29) is 10.8 Å². The first-order chi connectivity index (χ1) is 15.2. The largest absolute Gasteiger partial charge is 0.379 e. The lowest BCUT2D eigenvalue weighted by atomic mass is 10.1. The van der Waals surface area contributed by atoms with E-state index in [1.807, 2.05) is 18.2 Å². The lowest BCUT2D eigenvalue weighted by molar-refractivity contribution is -0.117. The molecule has 2 amide bonds. The third-order valence-electron chi connectivity index (χ3n) is 4.98. The molecule has 0 bridgehead atoms. The minimum Gasteiger partial charge on any atom is -0.379 e. The van der Waals surface area contributed by atoms with E-state index in [2.05, 4.69) is 20.3 Å². The van der Waals surface area contributed by atoms with E-state index in [1.165, 1.54) is 38.1 Å². The number of anilines is 2. The highest BCUT2D eigenvalue weighted by molar-refractivity contribution is 7.89. The van der Waals surface area contributed by atoms with Gasteiger partial charge in [0, 0.05) is 37.9 Å². The van der Waals surface area contributed by atoms with Crippen LogP contribution in [0, 0.1) is 0 Å². The summed E-state index contributed by atoms with van der Waals surface area (Å²) in [6.07, 6.45) is 0. The molecular formula is C22H28N4O5S. The third kappa shape index (κ3) is 6.60. The van der Waals surface area contributed by atoms with E-state index in [0.29, 0.717) is 31.1 Å². The number of benzene rings is 2. The van der Waals surface area contributed by atoms with Gasteiger partial charge in [0.25, 0.3) is 0 Å².